The van der Waals surface area contributed by atoms with Crippen molar-refractivity contribution in [3.63, 3.8) is 0 Å². The standard InChI is InChI=1S/C51H54N8O8/c1-65-51(64)57-44(27-12-16-67-17-13-27)49(61)58-39-21-34(39)23-41(58)46-52-25-38(54-46)33-5-4-29-18-28(2-3-30(29)20-33)31-6-8-36-32(19-31)7-9-37-45(36)55-47(53-37)42-24-35-22-40(35)59(42)48(60)43(56-50(62)63)26-10-14-66-15-11-26/h2-9,18-20,25-27,34-35,39-44,56H,10-17,21-24H2,1H3,(H,52,54)(H,53,55)(H,57,64)(H,62,63)/t34-,35-,39-,40-,41+,42+,43+,44+/m1/s1. The van der Waals surface area contributed by atoms with Crippen molar-refractivity contribution in [2.45, 2.75) is 87.6 Å². The Morgan fingerprint density at radius 2 is 1.24 bits per heavy atom. The minimum absolute atomic E-state index is 0.0265. The van der Waals surface area contributed by atoms with Crippen molar-refractivity contribution in [1.29, 1.82) is 0 Å². The van der Waals surface area contributed by atoms with E-state index in [1.165, 1.54) is 7.11 Å². The maximum Gasteiger partial charge on any atom is 0.407 e. The summed E-state index contributed by atoms with van der Waals surface area (Å²) in [5.41, 5.74) is 5.71. The number of nitrogens with zero attached hydrogens (tertiary/aromatic N) is 4. The van der Waals surface area contributed by atoms with Crippen LogP contribution in [0.5, 0.6) is 0 Å². The number of aromatic amines is 2. The van der Waals surface area contributed by atoms with Gasteiger partial charge in [-0.05, 0) is 127 Å². The van der Waals surface area contributed by atoms with E-state index >= 15 is 0 Å². The molecule has 0 radical (unpaired) electrons. The van der Waals surface area contributed by atoms with Crippen molar-refractivity contribution in [3.05, 3.63) is 84.6 Å². The van der Waals surface area contributed by atoms with Crippen molar-refractivity contribution < 1.29 is 38.5 Å². The first-order valence-corrected chi connectivity index (χ1v) is 23.8. The first kappa shape index (κ1) is 41.9. The Morgan fingerprint density at radius 3 is 1.87 bits per heavy atom. The number of H-pyrrole nitrogens is 2. The molecule has 4 aromatic carbocycles. The number of piperidine rings is 2. The molecule has 6 fully saturated rings. The second-order valence-electron chi connectivity index (χ2n) is 19.5. The van der Waals surface area contributed by atoms with Crippen LogP contribution in [0, 0.1) is 23.7 Å². The van der Waals surface area contributed by atoms with E-state index in [4.69, 9.17) is 24.2 Å². The van der Waals surface area contributed by atoms with Gasteiger partial charge in [-0.15, -0.1) is 0 Å². The highest BCUT2D eigenvalue weighted by molar-refractivity contribution is 6.06. The first-order chi connectivity index (χ1) is 32.7. The Balaban J connectivity index is 0.768. The predicted molar refractivity (Wildman–Crippen MR) is 248 cm³/mol. The zero-order valence-corrected chi connectivity index (χ0v) is 37.3. The largest absolute Gasteiger partial charge is 0.465 e. The molecule has 16 nitrogen and oxygen atoms in total. The van der Waals surface area contributed by atoms with Crippen LogP contribution >= 0.6 is 0 Å². The fourth-order valence-electron chi connectivity index (χ4n) is 11.9. The molecule has 5 N–H and O–H groups in total. The molecule has 6 aliphatic rings. The molecule has 2 saturated carbocycles. The van der Waals surface area contributed by atoms with Crippen LogP contribution in [0.25, 0.3) is 55.0 Å². The molecular formula is C51H54N8O8. The Morgan fingerprint density at radius 1 is 0.687 bits per heavy atom. The second kappa shape index (κ2) is 16.7. The van der Waals surface area contributed by atoms with E-state index in [0.29, 0.717) is 63.9 Å². The number of nitrogens with one attached hydrogen (secondary N) is 4. The summed E-state index contributed by atoms with van der Waals surface area (Å²) in [6.45, 7) is 2.17. The summed E-state index contributed by atoms with van der Waals surface area (Å²) in [4.78, 5) is 73.8. The predicted octanol–water partition coefficient (Wildman–Crippen LogP) is 7.46. The third-order valence-electron chi connectivity index (χ3n) is 15.7. The van der Waals surface area contributed by atoms with Gasteiger partial charge >= 0.3 is 12.2 Å². The number of benzene rings is 4. The van der Waals surface area contributed by atoms with Gasteiger partial charge in [0.15, 0.2) is 0 Å². The van der Waals surface area contributed by atoms with Gasteiger partial charge in [0.25, 0.3) is 0 Å². The fourth-order valence-corrected chi connectivity index (χ4v) is 11.9. The number of carbonyl (C=O) groups excluding carboxylic acids is 3. The number of ether oxygens (including phenoxy) is 3. The lowest BCUT2D eigenvalue weighted by atomic mass is 9.90. The summed E-state index contributed by atoms with van der Waals surface area (Å²) in [6.07, 6.45) is 6.35. The molecule has 6 aromatic rings. The van der Waals surface area contributed by atoms with Gasteiger partial charge < -0.3 is 49.7 Å². The number of methoxy groups -OCH3 is 1. The molecule has 0 unspecified atom stereocenters. The number of rotatable bonds is 10. The van der Waals surface area contributed by atoms with Crippen molar-refractivity contribution in [2.24, 2.45) is 23.7 Å². The molecule has 4 aliphatic heterocycles. The van der Waals surface area contributed by atoms with E-state index in [2.05, 4.69) is 81.3 Å². The summed E-state index contributed by atoms with van der Waals surface area (Å²) < 4.78 is 16.0. The van der Waals surface area contributed by atoms with Crippen LogP contribution in [0.2, 0.25) is 0 Å². The van der Waals surface area contributed by atoms with E-state index in [0.717, 1.165) is 92.3 Å². The summed E-state index contributed by atoms with van der Waals surface area (Å²) in [6, 6.07) is 21.8. The SMILES string of the molecule is COC(=O)N[C@H](C(=O)N1[C@@H]2C[C@@H]2C[C@H]1c1nc(-c2ccc3cc(-c4ccc5c(ccc6nc([C@@H]7C[C@H]8C[C@H]8N7C(=O)[C@@H](NC(=O)O)C7CCOCC7)[nH]c65)c4)ccc3c2)c[nH]1)C1CCOCC1. The summed E-state index contributed by atoms with van der Waals surface area (Å²) in [5.74, 6) is 1.95. The van der Waals surface area contributed by atoms with E-state index in [-0.39, 0.29) is 47.8 Å². The highest BCUT2D eigenvalue weighted by Gasteiger charge is 2.58. The van der Waals surface area contributed by atoms with Crippen molar-refractivity contribution in [1.82, 2.24) is 40.4 Å². The minimum atomic E-state index is -1.19. The molecule has 2 aromatic heterocycles. The molecule has 4 saturated heterocycles. The van der Waals surface area contributed by atoms with E-state index in [1.54, 1.807) is 0 Å². The molecule has 6 heterocycles. The molecule has 2 aliphatic carbocycles. The normalized spacial score (nSPS) is 25.7. The Labute approximate surface area is 386 Å². The van der Waals surface area contributed by atoms with Crippen LogP contribution in [0.3, 0.4) is 0 Å². The fraction of sp³-hybridized carbons (Fsp3) is 0.451. The number of imidazole rings is 2. The highest BCUT2D eigenvalue weighted by atomic mass is 16.5. The van der Waals surface area contributed by atoms with Gasteiger partial charge in [0, 0.05) is 55.7 Å². The number of carbonyl (C=O) groups is 4. The molecule has 16 heteroatoms. The van der Waals surface area contributed by atoms with Gasteiger partial charge in [0.05, 0.1) is 35.9 Å². The van der Waals surface area contributed by atoms with Crippen LogP contribution in [0.4, 0.5) is 9.59 Å². The van der Waals surface area contributed by atoms with E-state index in [1.807, 2.05) is 22.1 Å². The molecule has 346 valence electrons. The molecular weight excluding hydrogens is 853 g/mol. The second-order valence-corrected chi connectivity index (χ2v) is 19.5. The number of likely N-dealkylation sites (tertiary alicyclic amines) is 2. The topological polar surface area (TPSA) is 204 Å². The van der Waals surface area contributed by atoms with Crippen molar-refractivity contribution in [3.8, 4) is 22.4 Å². The third kappa shape index (κ3) is 7.63. The summed E-state index contributed by atoms with van der Waals surface area (Å²) in [5, 5.41) is 19.4. The number of carboxylic acid groups (broad SMARTS) is 1. The Bertz CT molecular complexity index is 2940. The number of hydrogen-bond acceptors (Lipinski definition) is 9. The van der Waals surface area contributed by atoms with Gasteiger partial charge in [-0.3, -0.25) is 9.59 Å². The van der Waals surface area contributed by atoms with E-state index in [9.17, 15) is 24.3 Å². The Hall–Kier alpha value is -6.52. The Kier molecular flexibility index (Phi) is 10.4. The minimum Gasteiger partial charge on any atom is -0.465 e. The zero-order valence-electron chi connectivity index (χ0n) is 37.3. The quantitative estimate of drug-likeness (QED) is 0.0918. The number of aromatic nitrogens is 4. The van der Waals surface area contributed by atoms with Gasteiger partial charge in [-0.25, -0.2) is 19.6 Å². The van der Waals surface area contributed by atoms with E-state index < -0.39 is 24.3 Å². The summed E-state index contributed by atoms with van der Waals surface area (Å²) >= 11 is 0. The molecule has 0 bridgehead atoms. The number of amides is 4. The van der Waals surface area contributed by atoms with Crippen LogP contribution in [0.15, 0.2) is 72.9 Å². The lowest BCUT2D eigenvalue weighted by Crippen LogP contribution is -2.54. The van der Waals surface area contributed by atoms with Gasteiger partial charge in [0.1, 0.15) is 23.7 Å². The van der Waals surface area contributed by atoms with Crippen LogP contribution in [-0.2, 0) is 23.8 Å². The molecule has 8 atom stereocenters. The van der Waals surface area contributed by atoms with Crippen molar-refractivity contribution >= 4 is 56.6 Å². The average Bonchev–Trinajstić information content (AvgIpc) is 3.97. The number of alkyl carbamates (subject to hydrolysis) is 1. The number of hydrogen-bond donors (Lipinski definition) is 5. The third-order valence-corrected chi connectivity index (χ3v) is 15.7. The first-order valence-electron chi connectivity index (χ1n) is 23.8. The smallest absolute Gasteiger partial charge is 0.407 e. The maximum absolute atomic E-state index is 14.3. The molecule has 12 rings (SSSR count). The number of fused-ring (bicyclic) bond motifs is 6. The van der Waals surface area contributed by atoms with Gasteiger partial charge in [-0.2, -0.15) is 0 Å². The van der Waals surface area contributed by atoms with Gasteiger partial charge in [0.2, 0.25) is 11.8 Å². The lowest BCUT2D eigenvalue weighted by Gasteiger charge is -2.35. The highest BCUT2D eigenvalue weighted by Crippen LogP contribution is 2.55. The van der Waals surface area contributed by atoms with Crippen LogP contribution < -0.4 is 10.6 Å². The van der Waals surface area contributed by atoms with Crippen LogP contribution in [0.1, 0.15) is 75.1 Å². The molecule has 67 heavy (non-hydrogen) atoms. The van der Waals surface area contributed by atoms with Crippen LogP contribution in [-0.4, -0.2) is 117 Å². The zero-order chi connectivity index (χ0) is 45.5. The monoisotopic (exact) mass is 906 g/mol. The molecule has 0 spiro atoms. The molecule has 4 amide bonds. The summed E-state index contributed by atoms with van der Waals surface area (Å²) in [7, 11) is 1.32. The lowest BCUT2D eigenvalue weighted by molar-refractivity contribution is -0.138. The average molecular weight is 907 g/mol. The maximum atomic E-state index is 14.3. The van der Waals surface area contributed by atoms with Crippen molar-refractivity contribution in [2.75, 3.05) is 33.5 Å². The van der Waals surface area contributed by atoms with Gasteiger partial charge in [-0.1, -0.05) is 42.5 Å².